The van der Waals surface area contributed by atoms with Gasteiger partial charge in [-0.3, -0.25) is 9.78 Å². The van der Waals surface area contributed by atoms with Crippen LogP contribution in [-0.2, 0) is 14.8 Å². The first-order valence-electron chi connectivity index (χ1n) is 9.12. The van der Waals surface area contributed by atoms with E-state index in [4.69, 9.17) is 0 Å². The van der Waals surface area contributed by atoms with Crippen LogP contribution in [0.1, 0.15) is 11.3 Å². The van der Waals surface area contributed by atoms with Crippen LogP contribution >= 0.6 is 11.3 Å². The van der Waals surface area contributed by atoms with E-state index in [9.17, 15) is 13.2 Å². The Labute approximate surface area is 180 Å². The lowest BCUT2D eigenvalue weighted by molar-refractivity contribution is -0.118. The van der Waals surface area contributed by atoms with Gasteiger partial charge in [-0.15, -0.1) is 0 Å². The third kappa shape index (κ3) is 5.18. The number of sulfonamides is 1. The smallest absolute Gasteiger partial charge is 0.242 e. The van der Waals surface area contributed by atoms with Crippen molar-refractivity contribution in [1.29, 1.82) is 0 Å². The number of thiazole rings is 1. The fraction of sp³-hybridized carbons (Fsp3) is 0.190. The second kappa shape index (κ2) is 9.29. The van der Waals surface area contributed by atoms with Gasteiger partial charge in [0.15, 0.2) is 0 Å². The number of amides is 1. The summed E-state index contributed by atoms with van der Waals surface area (Å²) in [5.74, 6) is -0.348. The first-order valence-corrected chi connectivity index (χ1v) is 11.4. The molecule has 0 aliphatic rings. The van der Waals surface area contributed by atoms with Crippen molar-refractivity contribution >= 4 is 38.3 Å². The molecule has 0 saturated heterocycles. The molecule has 1 amide bonds. The average molecular weight is 443 g/mol. The van der Waals surface area contributed by atoms with Crippen LogP contribution in [-0.4, -0.2) is 49.2 Å². The van der Waals surface area contributed by atoms with E-state index in [0.717, 1.165) is 25.8 Å². The van der Waals surface area contributed by atoms with Crippen molar-refractivity contribution in [2.45, 2.75) is 6.92 Å². The molecule has 2 aromatic heterocycles. The van der Waals surface area contributed by atoms with Crippen LogP contribution in [0.25, 0.3) is 16.6 Å². The van der Waals surface area contributed by atoms with E-state index in [0.29, 0.717) is 10.7 Å². The second-order valence-corrected chi connectivity index (χ2v) is 9.52. The van der Waals surface area contributed by atoms with Gasteiger partial charge in [0.1, 0.15) is 10.0 Å². The maximum atomic E-state index is 12.7. The minimum Gasteiger partial charge on any atom is -0.304 e. The number of anilines is 1. The van der Waals surface area contributed by atoms with Crippen molar-refractivity contribution in [3.63, 3.8) is 0 Å². The molecule has 2 heterocycles. The molecule has 7 nitrogen and oxygen atoms in total. The zero-order chi connectivity index (χ0) is 21.7. The van der Waals surface area contributed by atoms with Gasteiger partial charge in [-0.2, -0.15) is 4.31 Å². The second-order valence-electron chi connectivity index (χ2n) is 6.62. The number of pyridine rings is 1. The first kappa shape index (κ1) is 21.8. The monoisotopic (exact) mass is 442 g/mol. The summed E-state index contributed by atoms with van der Waals surface area (Å²) in [5.41, 5.74) is 2.33. The van der Waals surface area contributed by atoms with E-state index < -0.39 is 10.0 Å². The van der Waals surface area contributed by atoms with Gasteiger partial charge in [0.2, 0.25) is 15.9 Å². The quantitative estimate of drug-likeness (QED) is 0.560. The SMILES string of the molecule is Cc1nc(-c2cccnc2)sc1N(C)C(=O)CN(C)S(=O)(=O)/C=C/c1ccccc1. The van der Waals surface area contributed by atoms with Crippen LogP contribution in [0.5, 0.6) is 0 Å². The molecule has 0 aliphatic heterocycles. The lowest BCUT2D eigenvalue weighted by atomic mass is 10.2. The van der Waals surface area contributed by atoms with Crippen molar-refractivity contribution in [2.75, 3.05) is 25.5 Å². The number of aromatic nitrogens is 2. The number of nitrogens with zero attached hydrogens (tertiary/aromatic N) is 4. The maximum Gasteiger partial charge on any atom is 0.242 e. The lowest BCUT2D eigenvalue weighted by Gasteiger charge is -2.20. The standard InChI is InChI=1S/C21H22N4O3S2/c1-16-21(29-20(23-16)18-10-7-12-22-14-18)25(3)19(26)15-24(2)30(27,28)13-11-17-8-5-4-6-9-17/h4-14H,15H2,1-3H3/b13-11+. The molecule has 3 aromatic rings. The summed E-state index contributed by atoms with van der Waals surface area (Å²) in [6, 6.07) is 12.8. The maximum absolute atomic E-state index is 12.7. The minimum absolute atomic E-state index is 0.280. The average Bonchev–Trinajstić information content (AvgIpc) is 3.14. The van der Waals surface area contributed by atoms with Crippen molar-refractivity contribution in [1.82, 2.24) is 14.3 Å². The Morgan fingerprint density at radius 2 is 1.87 bits per heavy atom. The molecule has 3 rings (SSSR count). The van der Waals surface area contributed by atoms with E-state index >= 15 is 0 Å². The van der Waals surface area contributed by atoms with Gasteiger partial charge in [-0.05, 0) is 30.7 Å². The van der Waals surface area contributed by atoms with Crippen molar-refractivity contribution in [2.24, 2.45) is 0 Å². The Balaban J connectivity index is 1.71. The molecule has 0 radical (unpaired) electrons. The summed E-state index contributed by atoms with van der Waals surface area (Å²) in [7, 11) is -0.725. The molecule has 156 valence electrons. The third-order valence-corrected chi connectivity index (χ3v) is 7.14. The topological polar surface area (TPSA) is 83.5 Å². The molecular formula is C21H22N4O3S2. The molecule has 0 bridgehead atoms. The number of hydrogen-bond donors (Lipinski definition) is 0. The number of hydrogen-bond acceptors (Lipinski definition) is 6. The van der Waals surface area contributed by atoms with Crippen molar-refractivity contribution in [3.8, 4) is 10.6 Å². The molecule has 9 heteroatoms. The molecule has 0 fully saturated rings. The Morgan fingerprint density at radius 3 is 2.53 bits per heavy atom. The predicted molar refractivity (Wildman–Crippen MR) is 121 cm³/mol. The highest BCUT2D eigenvalue weighted by Gasteiger charge is 2.23. The van der Waals surface area contributed by atoms with E-state index in [2.05, 4.69) is 9.97 Å². The molecule has 0 saturated carbocycles. The normalized spacial score (nSPS) is 11.9. The number of rotatable bonds is 7. The van der Waals surface area contributed by atoms with E-state index in [1.807, 2.05) is 37.3 Å². The molecule has 30 heavy (non-hydrogen) atoms. The number of carbonyl (C=O) groups excluding carboxylic acids is 1. The van der Waals surface area contributed by atoms with Gasteiger partial charge in [-0.25, -0.2) is 13.4 Å². The predicted octanol–water partition coefficient (Wildman–Crippen LogP) is 3.41. The number of aryl methyl sites for hydroxylation is 1. The highest BCUT2D eigenvalue weighted by Crippen LogP contribution is 2.33. The van der Waals surface area contributed by atoms with Gasteiger partial charge in [0, 0.05) is 37.5 Å². The summed E-state index contributed by atoms with van der Waals surface area (Å²) in [6.45, 7) is 1.54. The van der Waals surface area contributed by atoms with Crippen LogP contribution in [0.4, 0.5) is 5.00 Å². The van der Waals surface area contributed by atoms with Gasteiger partial charge in [0.25, 0.3) is 0 Å². The van der Waals surface area contributed by atoms with Crippen molar-refractivity contribution < 1.29 is 13.2 Å². The Hall–Kier alpha value is -2.88. The largest absolute Gasteiger partial charge is 0.304 e. The fourth-order valence-electron chi connectivity index (χ4n) is 2.64. The molecular weight excluding hydrogens is 420 g/mol. The molecule has 0 atom stereocenters. The minimum atomic E-state index is -3.73. The van der Waals surface area contributed by atoms with Crippen LogP contribution in [0.15, 0.2) is 60.3 Å². The van der Waals surface area contributed by atoms with Gasteiger partial charge < -0.3 is 4.90 Å². The summed E-state index contributed by atoms with van der Waals surface area (Å²) < 4.78 is 26.0. The summed E-state index contributed by atoms with van der Waals surface area (Å²) in [4.78, 5) is 22.8. The Kier molecular flexibility index (Phi) is 6.76. The zero-order valence-corrected chi connectivity index (χ0v) is 18.5. The van der Waals surface area contributed by atoms with Crippen LogP contribution < -0.4 is 4.90 Å². The van der Waals surface area contributed by atoms with E-state index in [-0.39, 0.29) is 12.5 Å². The zero-order valence-electron chi connectivity index (χ0n) is 16.9. The molecule has 0 N–H and O–H groups in total. The lowest BCUT2D eigenvalue weighted by Crippen LogP contribution is -2.38. The number of likely N-dealkylation sites (N-methyl/N-ethyl adjacent to an activating group) is 2. The number of carbonyl (C=O) groups is 1. The molecule has 0 unspecified atom stereocenters. The molecule has 1 aromatic carbocycles. The third-order valence-electron chi connectivity index (χ3n) is 4.38. The fourth-order valence-corrected chi connectivity index (χ4v) is 4.51. The van der Waals surface area contributed by atoms with Crippen LogP contribution in [0.3, 0.4) is 0 Å². The molecule has 0 aliphatic carbocycles. The highest BCUT2D eigenvalue weighted by molar-refractivity contribution is 7.92. The Bertz CT molecular complexity index is 1140. The van der Waals surface area contributed by atoms with Gasteiger partial charge in [0.05, 0.1) is 12.2 Å². The van der Waals surface area contributed by atoms with E-state index in [1.54, 1.807) is 31.6 Å². The highest BCUT2D eigenvalue weighted by atomic mass is 32.2. The molecule has 0 spiro atoms. The van der Waals surface area contributed by atoms with E-state index in [1.165, 1.54) is 29.4 Å². The van der Waals surface area contributed by atoms with Gasteiger partial charge >= 0.3 is 0 Å². The summed E-state index contributed by atoms with van der Waals surface area (Å²) in [6.07, 6.45) is 4.90. The summed E-state index contributed by atoms with van der Waals surface area (Å²) in [5, 5.41) is 2.53. The van der Waals surface area contributed by atoms with Crippen molar-refractivity contribution in [3.05, 3.63) is 71.5 Å². The van der Waals surface area contributed by atoms with Gasteiger partial charge in [-0.1, -0.05) is 41.7 Å². The van der Waals surface area contributed by atoms with Crippen LogP contribution in [0.2, 0.25) is 0 Å². The Morgan fingerprint density at radius 1 is 1.13 bits per heavy atom. The first-order chi connectivity index (χ1) is 14.3. The summed E-state index contributed by atoms with van der Waals surface area (Å²) >= 11 is 1.36. The van der Waals surface area contributed by atoms with Crippen LogP contribution in [0, 0.1) is 6.92 Å². The number of benzene rings is 1.